The fraction of sp³-hybridized carbons (Fsp3) is 0.580. The first-order chi connectivity index (χ1) is 35.6. The highest BCUT2D eigenvalue weighted by Gasteiger charge is 2.38. The Hall–Kier alpha value is -4.12. The molecule has 1 heterocycles. The summed E-state index contributed by atoms with van der Waals surface area (Å²) < 4.78 is 114. The molecule has 0 aliphatic heterocycles. The average Bonchev–Trinajstić information content (AvgIpc) is 3.27. The number of benzene rings is 4. The van der Waals surface area contributed by atoms with E-state index in [0.717, 1.165) is 27.0 Å². The Morgan fingerprint density at radius 1 is 0.312 bits per heavy atom. The number of halogens is 10. The average molecular weight is 1190 g/mol. The molecule has 0 atom stereocenters. The SMILES string of the molecule is CC(C)c1cc(C(C)(C)C)cc(C(C)(C)C)c1.CC(C)c1cc(C(C)(C)C)ccc1C(C)(C)C.CC(C)c1cc(C(F)(F)F)ccc1C(C)(C)C.CC(C)c1cc(C(F)(F)F)ccc1C(F)(F)F.Cc1nc(C)c(C(C)C)cc1Br. The van der Waals surface area contributed by atoms with Crippen LogP contribution in [0.3, 0.4) is 0 Å². The fourth-order valence-corrected chi connectivity index (χ4v) is 9.05. The Kier molecular flexibility index (Phi) is 25.8. The van der Waals surface area contributed by atoms with E-state index >= 15 is 0 Å². The Morgan fingerprint density at radius 3 is 0.887 bits per heavy atom. The highest BCUT2D eigenvalue weighted by molar-refractivity contribution is 9.10. The number of rotatable bonds is 5. The molecular weight excluding hydrogens is 1090 g/mol. The number of aromatic nitrogens is 1. The van der Waals surface area contributed by atoms with Gasteiger partial charge in [0.2, 0.25) is 0 Å². The zero-order chi connectivity index (χ0) is 63.0. The van der Waals surface area contributed by atoms with Gasteiger partial charge < -0.3 is 0 Å². The van der Waals surface area contributed by atoms with Gasteiger partial charge in [-0.15, -0.1) is 0 Å². The molecule has 450 valence electrons. The van der Waals surface area contributed by atoms with Crippen molar-refractivity contribution < 1.29 is 39.5 Å². The highest BCUT2D eigenvalue weighted by atomic mass is 79.9. The standard InChI is InChI=1S/2C17H28.C14H19F3.C11H10F6.C10H14BrN/c1-12(2)13-9-14(16(3,4)5)11-15(10-13)17(6,7)8;1-12(2)14-11-13(16(3,4)5)9-10-15(14)17(6,7)8;1-9(2)11-8-10(14(15,16)17)6-7-12(11)13(3,4)5;1-6(2)8-5-7(10(12,13)14)3-4-9(8)11(15,16)17;1-6(2)9-5-10(11)8(4)12-7(9)3/h2*9-12H,1-8H3;6-9H,1-5H3;3-6H,1-2H3;5-6H,1-4H3. The minimum absolute atomic E-state index is 0.0894. The van der Waals surface area contributed by atoms with E-state index < -0.39 is 41.1 Å². The first-order valence-corrected chi connectivity index (χ1v) is 28.9. The molecule has 0 aliphatic carbocycles. The Bertz CT molecular complexity index is 2530. The van der Waals surface area contributed by atoms with Gasteiger partial charge in [-0.05, 0) is 178 Å². The van der Waals surface area contributed by atoms with Gasteiger partial charge in [-0.1, -0.05) is 216 Å². The van der Waals surface area contributed by atoms with E-state index in [1.54, 1.807) is 6.07 Å². The molecule has 1 aromatic heterocycles. The summed E-state index contributed by atoms with van der Waals surface area (Å²) in [7, 11) is 0. The predicted octanol–water partition coefficient (Wildman–Crippen LogP) is 24.4. The summed E-state index contributed by atoms with van der Waals surface area (Å²) in [6.45, 7) is 57.8. The Labute approximate surface area is 487 Å². The van der Waals surface area contributed by atoms with Gasteiger partial charge in [0.15, 0.2) is 0 Å². The largest absolute Gasteiger partial charge is 0.416 e. The molecule has 0 spiro atoms. The zero-order valence-corrected chi connectivity index (χ0v) is 55.2. The maximum atomic E-state index is 12.7. The van der Waals surface area contributed by atoms with Crippen molar-refractivity contribution in [3.05, 3.63) is 167 Å². The van der Waals surface area contributed by atoms with E-state index in [2.05, 4.69) is 195 Å². The quantitative estimate of drug-likeness (QED) is 0.160. The van der Waals surface area contributed by atoms with Crippen LogP contribution in [0.25, 0.3) is 0 Å². The minimum Gasteiger partial charge on any atom is -0.257 e. The summed E-state index contributed by atoms with van der Waals surface area (Å²) in [6.07, 6.45) is -13.5. The number of hydrogen-bond donors (Lipinski definition) is 0. The zero-order valence-electron chi connectivity index (χ0n) is 53.6. The summed E-state index contributed by atoms with van der Waals surface area (Å²) in [6, 6.07) is 21.9. The number of nitrogens with zero attached hydrogens (tertiary/aromatic N) is 1. The van der Waals surface area contributed by atoms with Gasteiger partial charge in [-0.2, -0.15) is 39.5 Å². The van der Waals surface area contributed by atoms with Crippen molar-refractivity contribution in [1.29, 1.82) is 0 Å². The molecule has 0 N–H and O–H groups in total. The van der Waals surface area contributed by atoms with Crippen LogP contribution < -0.4 is 0 Å². The summed E-state index contributed by atoms with van der Waals surface area (Å²) in [5.41, 5.74) is 11.9. The van der Waals surface area contributed by atoms with Crippen LogP contribution in [0.4, 0.5) is 39.5 Å². The lowest BCUT2D eigenvalue weighted by Crippen LogP contribution is -2.18. The van der Waals surface area contributed by atoms with Crippen LogP contribution in [0.15, 0.2) is 83.3 Å². The third-order valence-electron chi connectivity index (χ3n) is 13.8. The smallest absolute Gasteiger partial charge is 0.257 e. The van der Waals surface area contributed by atoms with Crippen LogP contribution in [0.2, 0.25) is 0 Å². The third kappa shape index (κ3) is 22.9. The van der Waals surface area contributed by atoms with Crippen LogP contribution in [0.5, 0.6) is 0 Å². The number of hydrogen-bond acceptors (Lipinski definition) is 1. The normalized spacial score (nSPS) is 12.9. The van der Waals surface area contributed by atoms with Gasteiger partial charge >= 0.3 is 18.5 Å². The maximum Gasteiger partial charge on any atom is 0.416 e. The van der Waals surface area contributed by atoms with E-state index in [1.807, 2.05) is 41.5 Å². The van der Waals surface area contributed by atoms with Gasteiger partial charge in [0, 0.05) is 10.2 Å². The molecule has 4 aromatic carbocycles. The molecule has 0 saturated carbocycles. The molecule has 0 unspecified atom stereocenters. The number of pyridine rings is 1. The van der Waals surface area contributed by atoms with E-state index in [-0.39, 0.29) is 38.6 Å². The molecule has 0 bridgehead atoms. The second kappa shape index (κ2) is 28.0. The molecule has 0 radical (unpaired) electrons. The molecule has 0 saturated heterocycles. The van der Waals surface area contributed by atoms with E-state index in [9.17, 15) is 39.5 Å². The fourth-order valence-electron chi connectivity index (χ4n) is 8.71. The molecule has 5 aromatic rings. The van der Waals surface area contributed by atoms with Crippen LogP contribution in [0.1, 0.15) is 286 Å². The summed E-state index contributed by atoms with van der Waals surface area (Å²) in [4.78, 5) is 4.45. The van der Waals surface area contributed by atoms with E-state index in [4.69, 9.17) is 0 Å². The van der Waals surface area contributed by atoms with Gasteiger partial charge in [0.1, 0.15) is 0 Å². The van der Waals surface area contributed by atoms with Crippen LogP contribution in [-0.2, 0) is 45.6 Å². The molecular formula is C69H99BrF9N. The van der Waals surface area contributed by atoms with Crippen molar-refractivity contribution in [1.82, 2.24) is 4.98 Å². The van der Waals surface area contributed by atoms with E-state index in [1.165, 1.54) is 64.9 Å². The van der Waals surface area contributed by atoms with Gasteiger partial charge in [0.05, 0.1) is 22.4 Å². The first-order valence-electron chi connectivity index (χ1n) is 28.1. The number of alkyl halides is 9. The molecule has 5 rings (SSSR count). The highest BCUT2D eigenvalue weighted by Crippen LogP contribution is 2.41. The molecule has 11 heteroatoms. The summed E-state index contributed by atoms with van der Waals surface area (Å²) >= 11 is 3.49. The van der Waals surface area contributed by atoms with Gasteiger partial charge in [-0.3, -0.25) is 4.98 Å². The van der Waals surface area contributed by atoms with Crippen molar-refractivity contribution in [3.8, 4) is 0 Å². The van der Waals surface area contributed by atoms with Gasteiger partial charge in [-0.25, -0.2) is 0 Å². The van der Waals surface area contributed by atoms with Crippen molar-refractivity contribution in [2.45, 2.75) is 262 Å². The van der Waals surface area contributed by atoms with Crippen molar-refractivity contribution >= 4 is 15.9 Å². The topological polar surface area (TPSA) is 12.9 Å². The Morgan fingerprint density at radius 2 is 0.613 bits per heavy atom. The summed E-state index contributed by atoms with van der Waals surface area (Å²) in [5.74, 6) is 1.19. The van der Waals surface area contributed by atoms with Crippen LogP contribution >= 0.6 is 15.9 Å². The maximum absolute atomic E-state index is 12.7. The number of aryl methyl sites for hydroxylation is 2. The van der Waals surface area contributed by atoms with E-state index in [0.29, 0.717) is 36.0 Å². The van der Waals surface area contributed by atoms with Crippen molar-refractivity contribution in [2.75, 3.05) is 0 Å². The van der Waals surface area contributed by atoms with Crippen LogP contribution in [-0.4, -0.2) is 4.98 Å². The summed E-state index contributed by atoms with van der Waals surface area (Å²) in [5, 5.41) is 0. The second-order valence-electron chi connectivity index (χ2n) is 28.0. The minimum atomic E-state index is -4.64. The Balaban J connectivity index is 0.000000502. The monoisotopic (exact) mass is 1190 g/mol. The third-order valence-corrected chi connectivity index (χ3v) is 14.6. The second-order valence-corrected chi connectivity index (χ2v) is 28.9. The molecule has 1 nitrogen and oxygen atoms in total. The molecule has 0 fully saturated rings. The first kappa shape index (κ1) is 73.9. The van der Waals surface area contributed by atoms with Crippen LogP contribution in [0, 0.1) is 13.8 Å². The lowest BCUT2D eigenvalue weighted by atomic mass is 9.77. The predicted molar refractivity (Wildman–Crippen MR) is 326 cm³/mol. The van der Waals surface area contributed by atoms with Crippen molar-refractivity contribution in [2.24, 2.45) is 0 Å². The lowest BCUT2D eigenvalue weighted by molar-refractivity contribution is -0.142. The molecule has 0 aliphatic rings. The molecule has 0 amide bonds. The van der Waals surface area contributed by atoms with Crippen molar-refractivity contribution in [3.63, 3.8) is 0 Å². The lowest BCUT2D eigenvalue weighted by Gasteiger charge is -2.28. The molecule has 80 heavy (non-hydrogen) atoms. The van der Waals surface area contributed by atoms with Gasteiger partial charge in [0.25, 0.3) is 0 Å².